The van der Waals surface area contributed by atoms with Crippen LogP contribution in [-0.4, -0.2) is 55.5 Å². The number of fused-ring (bicyclic) bond motifs is 1. The van der Waals surface area contributed by atoms with Crippen LogP contribution < -0.4 is 4.74 Å². The molecule has 1 aliphatic rings. The number of carbonyl (C=O) groups is 1. The molecule has 1 aliphatic heterocycles. The van der Waals surface area contributed by atoms with Crippen LogP contribution in [0.3, 0.4) is 0 Å². The summed E-state index contributed by atoms with van der Waals surface area (Å²) in [4.78, 5) is 19.1. The molecule has 3 heterocycles. The van der Waals surface area contributed by atoms with Gasteiger partial charge in [0.2, 0.25) is 0 Å². The van der Waals surface area contributed by atoms with Crippen LogP contribution in [0.4, 0.5) is 0 Å². The molecule has 0 fully saturated rings. The van der Waals surface area contributed by atoms with Crippen molar-refractivity contribution in [2.45, 2.75) is 32.6 Å². The van der Waals surface area contributed by atoms with Crippen LogP contribution in [-0.2, 0) is 18.8 Å². The lowest BCUT2D eigenvalue weighted by molar-refractivity contribution is 0.0662. The van der Waals surface area contributed by atoms with E-state index in [1.807, 2.05) is 60.7 Å². The number of amides is 1. The van der Waals surface area contributed by atoms with Gasteiger partial charge in [-0.05, 0) is 54.8 Å². The second kappa shape index (κ2) is 10.2. The van der Waals surface area contributed by atoms with E-state index < -0.39 is 5.60 Å². The first-order valence-corrected chi connectivity index (χ1v) is 12.3. The molecule has 2 aromatic heterocycles. The third kappa shape index (κ3) is 5.12. The van der Waals surface area contributed by atoms with E-state index in [0.29, 0.717) is 31.1 Å². The summed E-state index contributed by atoms with van der Waals surface area (Å²) in [5, 5.41) is 24.4. The van der Waals surface area contributed by atoms with Gasteiger partial charge in [0.05, 0.1) is 18.8 Å². The van der Waals surface area contributed by atoms with E-state index in [9.17, 15) is 15.0 Å². The molecule has 2 N–H and O–H groups in total. The van der Waals surface area contributed by atoms with E-state index in [1.165, 1.54) is 0 Å². The van der Waals surface area contributed by atoms with Gasteiger partial charge < -0.3 is 19.8 Å². The molecule has 0 radical (unpaired) electrons. The zero-order valence-corrected chi connectivity index (χ0v) is 21.0. The summed E-state index contributed by atoms with van der Waals surface area (Å²) >= 11 is 0. The third-order valence-corrected chi connectivity index (χ3v) is 6.56. The molecule has 0 unspecified atom stereocenters. The van der Waals surface area contributed by atoms with Crippen LogP contribution in [0, 0.1) is 0 Å². The van der Waals surface area contributed by atoms with Crippen LogP contribution in [0.15, 0.2) is 73.1 Å². The standard InChI is InChI=1S/C29H30N4O4/c1-29(2,36)23-7-3-20(4-8-23)19-37-24-9-5-21(6-10-24)25-26(22-11-13-30-14-12-22)31-33-16-15-32(17-18-34)28(35)27(25)33/h3-14,34,36H,15-19H2,1-2H3. The summed E-state index contributed by atoms with van der Waals surface area (Å²) in [5.74, 6) is 0.563. The molecule has 5 rings (SSSR count). The minimum Gasteiger partial charge on any atom is -0.489 e. The molecule has 0 spiro atoms. The van der Waals surface area contributed by atoms with Crippen LogP contribution in [0.2, 0.25) is 0 Å². The third-order valence-electron chi connectivity index (χ3n) is 6.56. The Balaban J connectivity index is 1.43. The molecule has 8 heteroatoms. The summed E-state index contributed by atoms with van der Waals surface area (Å²) in [6.45, 7) is 5.19. The van der Waals surface area contributed by atoms with Crippen molar-refractivity contribution in [2.24, 2.45) is 0 Å². The van der Waals surface area contributed by atoms with Crippen LogP contribution in [0.25, 0.3) is 22.4 Å². The van der Waals surface area contributed by atoms with Crippen LogP contribution in [0.5, 0.6) is 5.75 Å². The summed E-state index contributed by atoms with van der Waals surface area (Å²) in [7, 11) is 0. The van der Waals surface area contributed by atoms with E-state index in [1.54, 1.807) is 35.8 Å². The molecule has 37 heavy (non-hydrogen) atoms. The van der Waals surface area contributed by atoms with Gasteiger partial charge in [-0.15, -0.1) is 0 Å². The number of benzene rings is 2. The van der Waals surface area contributed by atoms with Crippen LogP contribution >= 0.6 is 0 Å². The van der Waals surface area contributed by atoms with Crippen molar-refractivity contribution in [3.8, 4) is 28.1 Å². The Morgan fingerprint density at radius 1 is 0.946 bits per heavy atom. The maximum atomic E-state index is 13.4. The van der Waals surface area contributed by atoms with E-state index in [2.05, 4.69) is 4.98 Å². The SMILES string of the molecule is CC(C)(O)c1ccc(COc2ccc(-c3c(-c4ccncc4)nn4c3C(=O)N(CCO)CC4)cc2)cc1. The van der Waals surface area contributed by atoms with Crippen molar-refractivity contribution in [1.29, 1.82) is 0 Å². The van der Waals surface area contributed by atoms with Crippen LogP contribution in [0.1, 0.15) is 35.5 Å². The minimum atomic E-state index is -0.881. The number of nitrogens with zero attached hydrogens (tertiary/aromatic N) is 4. The van der Waals surface area contributed by atoms with Crippen molar-refractivity contribution >= 4 is 5.91 Å². The smallest absolute Gasteiger partial charge is 0.272 e. The Hall–Kier alpha value is -4.01. The second-order valence-electron chi connectivity index (χ2n) is 9.62. The lowest BCUT2D eigenvalue weighted by atomic mass is 9.97. The molecule has 4 aromatic rings. The molecule has 0 saturated heterocycles. The molecule has 190 valence electrons. The number of carbonyl (C=O) groups excluding carboxylic acids is 1. The lowest BCUT2D eigenvalue weighted by Crippen LogP contribution is -2.42. The molecule has 1 amide bonds. The van der Waals surface area contributed by atoms with Crippen molar-refractivity contribution in [3.05, 3.63) is 89.9 Å². The van der Waals surface area contributed by atoms with Gasteiger partial charge in [-0.25, -0.2) is 0 Å². The topological polar surface area (TPSA) is 101 Å². The molecule has 0 saturated carbocycles. The van der Waals surface area contributed by atoms with Gasteiger partial charge in [-0.3, -0.25) is 14.5 Å². The predicted molar refractivity (Wildman–Crippen MR) is 140 cm³/mol. The number of aliphatic hydroxyl groups excluding tert-OH is 1. The average Bonchev–Trinajstić information content (AvgIpc) is 3.30. The van der Waals surface area contributed by atoms with Gasteiger partial charge in [0, 0.05) is 36.6 Å². The Kier molecular flexibility index (Phi) is 6.78. The Morgan fingerprint density at radius 2 is 1.65 bits per heavy atom. The van der Waals surface area contributed by atoms with Gasteiger partial charge >= 0.3 is 0 Å². The largest absolute Gasteiger partial charge is 0.489 e. The lowest BCUT2D eigenvalue weighted by Gasteiger charge is -2.27. The summed E-state index contributed by atoms with van der Waals surface area (Å²) in [6, 6.07) is 19.1. The number of aromatic nitrogens is 3. The highest BCUT2D eigenvalue weighted by molar-refractivity contribution is 6.03. The zero-order valence-electron chi connectivity index (χ0n) is 21.0. The molecule has 0 bridgehead atoms. The zero-order chi connectivity index (χ0) is 26.0. The minimum absolute atomic E-state index is 0.0844. The summed E-state index contributed by atoms with van der Waals surface area (Å²) in [5.41, 5.74) is 4.70. The maximum Gasteiger partial charge on any atom is 0.272 e. The van der Waals surface area contributed by atoms with Gasteiger partial charge in [0.1, 0.15) is 23.7 Å². The van der Waals surface area contributed by atoms with Crippen molar-refractivity contribution < 1.29 is 19.7 Å². The fourth-order valence-corrected chi connectivity index (χ4v) is 4.52. The van der Waals surface area contributed by atoms with Crippen molar-refractivity contribution in [2.75, 3.05) is 19.7 Å². The normalized spacial score (nSPS) is 13.5. The van der Waals surface area contributed by atoms with Gasteiger partial charge in [0.25, 0.3) is 5.91 Å². The fourth-order valence-electron chi connectivity index (χ4n) is 4.52. The first-order chi connectivity index (χ1) is 17.8. The van der Waals surface area contributed by atoms with E-state index >= 15 is 0 Å². The number of rotatable bonds is 8. The first kappa shape index (κ1) is 24.7. The quantitative estimate of drug-likeness (QED) is 0.383. The molecule has 2 aromatic carbocycles. The molecule has 0 atom stereocenters. The number of ether oxygens (including phenoxy) is 1. The number of hydrogen-bond donors (Lipinski definition) is 2. The summed E-state index contributed by atoms with van der Waals surface area (Å²) < 4.78 is 7.76. The predicted octanol–water partition coefficient (Wildman–Crippen LogP) is 3.87. The van der Waals surface area contributed by atoms with E-state index in [-0.39, 0.29) is 19.1 Å². The van der Waals surface area contributed by atoms with E-state index in [0.717, 1.165) is 33.5 Å². The van der Waals surface area contributed by atoms with E-state index in [4.69, 9.17) is 9.84 Å². The Bertz CT molecular complexity index is 1370. The number of aliphatic hydroxyl groups is 2. The van der Waals surface area contributed by atoms with Crippen molar-refractivity contribution in [1.82, 2.24) is 19.7 Å². The number of pyridine rings is 1. The first-order valence-electron chi connectivity index (χ1n) is 12.3. The molecule has 8 nitrogen and oxygen atoms in total. The summed E-state index contributed by atoms with van der Waals surface area (Å²) in [6.07, 6.45) is 3.42. The monoisotopic (exact) mass is 498 g/mol. The highest BCUT2D eigenvalue weighted by Gasteiger charge is 2.32. The molecular formula is C29H30N4O4. The average molecular weight is 499 g/mol. The second-order valence-corrected chi connectivity index (χ2v) is 9.62. The van der Waals surface area contributed by atoms with Crippen molar-refractivity contribution in [3.63, 3.8) is 0 Å². The highest BCUT2D eigenvalue weighted by atomic mass is 16.5. The maximum absolute atomic E-state index is 13.4. The molecule has 0 aliphatic carbocycles. The van der Waals surface area contributed by atoms with Gasteiger partial charge in [0.15, 0.2) is 0 Å². The van der Waals surface area contributed by atoms with Gasteiger partial charge in [-0.2, -0.15) is 5.10 Å². The molecular weight excluding hydrogens is 468 g/mol. The Morgan fingerprint density at radius 3 is 2.30 bits per heavy atom. The highest BCUT2D eigenvalue weighted by Crippen LogP contribution is 2.37. The number of hydrogen-bond acceptors (Lipinski definition) is 6. The Labute approximate surface area is 215 Å². The number of β-amino-alcohol motifs (C(OH)–C–C–N with tert-alkyl or cyclic N) is 1. The van der Waals surface area contributed by atoms with Gasteiger partial charge in [-0.1, -0.05) is 36.4 Å². The fraction of sp³-hybridized carbons (Fsp3) is 0.276.